The highest BCUT2D eigenvalue weighted by Gasteiger charge is 2.05. The fourth-order valence-corrected chi connectivity index (χ4v) is 1.61. The summed E-state index contributed by atoms with van der Waals surface area (Å²) in [5, 5.41) is 9.38. The third-order valence-electron chi connectivity index (χ3n) is 1.91. The molecular weight excluding hydrogens is 256 g/mol. The Balaban J connectivity index is 2.79. The van der Waals surface area contributed by atoms with Crippen molar-refractivity contribution in [3.05, 3.63) is 40.4 Å². The predicted octanol–water partition coefficient (Wildman–Crippen LogP) is 3.46. The maximum Gasteiger partial charge on any atom is 0.133 e. The molecule has 0 saturated carbocycles. The van der Waals surface area contributed by atoms with Crippen molar-refractivity contribution in [3.63, 3.8) is 0 Å². The van der Waals surface area contributed by atoms with Crippen LogP contribution in [-0.4, -0.2) is 11.7 Å². The normalized spacial score (nSPS) is 12.3. The topological polar surface area (TPSA) is 29.5 Å². The number of aliphatic hydroxyl groups excluding tert-OH is 1. The van der Waals surface area contributed by atoms with Crippen molar-refractivity contribution in [3.8, 4) is 5.75 Å². The Labute approximate surface area is 98.7 Å². The highest BCUT2D eigenvalue weighted by molar-refractivity contribution is 9.10. The molecule has 0 aliphatic heterocycles. The van der Waals surface area contributed by atoms with Gasteiger partial charge in [-0.2, -0.15) is 0 Å². The monoisotopic (exact) mass is 270 g/mol. The average molecular weight is 271 g/mol. The number of rotatable bonds is 4. The molecule has 2 nitrogen and oxygen atoms in total. The van der Waals surface area contributed by atoms with Gasteiger partial charge < -0.3 is 9.84 Å². The second-order valence-corrected chi connectivity index (χ2v) is 4.47. The van der Waals surface area contributed by atoms with Crippen LogP contribution in [-0.2, 0) is 0 Å². The second-order valence-electron chi connectivity index (χ2n) is 3.61. The average Bonchev–Trinajstić information content (AvgIpc) is 2.15. The number of benzene rings is 1. The van der Waals surface area contributed by atoms with Crippen LogP contribution < -0.4 is 4.74 Å². The van der Waals surface area contributed by atoms with Crippen molar-refractivity contribution in [1.82, 2.24) is 0 Å². The fourth-order valence-electron chi connectivity index (χ4n) is 1.09. The van der Waals surface area contributed by atoms with Gasteiger partial charge in [0.1, 0.15) is 12.4 Å². The van der Waals surface area contributed by atoms with Crippen LogP contribution in [0.5, 0.6) is 5.75 Å². The summed E-state index contributed by atoms with van der Waals surface area (Å²) in [5.74, 6) is 0.766. The fraction of sp³-hybridized carbons (Fsp3) is 0.333. The second kappa shape index (κ2) is 5.33. The molecule has 1 atom stereocenters. The van der Waals surface area contributed by atoms with Gasteiger partial charge in [-0.3, -0.25) is 0 Å². The Morgan fingerprint density at radius 3 is 2.73 bits per heavy atom. The molecule has 1 aromatic carbocycles. The van der Waals surface area contributed by atoms with Crippen LogP contribution in [0.25, 0.3) is 0 Å². The van der Waals surface area contributed by atoms with Crippen LogP contribution in [0.15, 0.2) is 34.8 Å². The van der Waals surface area contributed by atoms with Crippen molar-refractivity contribution >= 4 is 15.9 Å². The molecule has 0 saturated heterocycles. The third kappa shape index (κ3) is 3.68. The highest BCUT2D eigenvalue weighted by Crippen LogP contribution is 2.28. The van der Waals surface area contributed by atoms with Gasteiger partial charge in [0.15, 0.2) is 0 Å². The van der Waals surface area contributed by atoms with Gasteiger partial charge in [-0.1, -0.05) is 12.6 Å². The Morgan fingerprint density at radius 1 is 1.60 bits per heavy atom. The third-order valence-corrected chi connectivity index (χ3v) is 2.53. The van der Waals surface area contributed by atoms with Gasteiger partial charge in [-0.25, -0.2) is 0 Å². The minimum absolute atomic E-state index is 0.462. The Morgan fingerprint density at radius 2 is 2.27 bits per heavy atom. The molecule has 0 radical (unpaired) electrons. The Hall–Kier alpha value is -0.800. The molecule has 1 rings (SSSR count). The smallest absolute Gasteiger partial charge is 0.133 e. The van der Waals surface area contributed by atoms with Crippen molar-refractivity contribution in [2.75, 3.05) is 6.61 Å². The standard InChI is InChI=1S/C12H15BrO2/c1-8(2)7-15-12-5-4-10(9(3)14)6-11(12)13/h4-6,9,14H,1,7H2,2-3H3. The minimum atomic E-state index is -0.462. The summed E-state index contributed by atoms with van der Waals surface area (Å²) in [6.07, 6.45) is -0.462. The zero-order valence-corrected chi connectivity index (χ0v) is 10.5. The van der Waals surface area contributed by atoms with Crippen molar-refractivity contribution in [2.45, 2.75) is 20.0 Å². The van der Waals surface area contributed by atoms with E-state index in [0.717, 1.165) is 21.4 Å². The lowest BCUT2D eigenvalue weighted by Crippen LogP contribution is -1.99. The molecule has 1 aromatic rings. The number of ether oxygens (including phenoxy) is 1. The molecule has 0 heterocycles. The first kappa shape index (κ1) is 12.3. The van der Waals surface area contributed by atoms with Crippen molar-refractivity contribution < 1.29 is 9.84 Å². The van der Waals surface area contributed by atoms with Crippen LogP contribution in [0, 0.1) is 0 Å². The number of hydrogen-bond acceptors (Lipinski definition) is 2. The Kier molecular flexibility index (Phi) is 4.36. The van der Waals surface area contributed by atoms with Crippen LogP contribution in [0.2, 0.25) is 0 Å². The molecule has 15 heavy (non-hydrogen) atoms. The lowest BCUT2D eigenvalue weighted by atomic mass is 10.1. The molecule has 0 aliphatic carbocycles. The van der Waals surface area contributed by atoms with Crippen LogP contribution in [0.4, 0.5) is 0 Å². The number of aliphatic hydroxyl groups is 1. The summed E-state index contributed by atoms with van der Waals surface area (Å²) in [4.78, 5) is 0. The first-order valence-corrected chi connectivity index (χ1v) is 5.54. The number of halogens is 1. The van der Waals surface area contributed by atoms with E-state index in [0.29, 0.717) is 6.61 Å². The summed E-state index contributed by atoms with van der Waals surface area (Å²) in [5.41, 5.74) is 1.84. The molecular formula is C12H15BrO2. The summed E-state index contributed by atoms with van der Waals surface area (Å²) in [7, 11) is 0. The quantitative estimate of drug-likeness (QED) is 0.850. The lowest BCUT2D eigenvalue weighted by Gasteiger charge is -2.10. The van der Waals surface area contributed by atoms with E-state index in [2.05, 4.69) is 22.5 Å². The maximum atomic E-state index is 9.38. The molecule has 0 amide bonds. The molecule has 1 N–H and O–H groups in total. The summed E-state index contributed by atoms with van der Waals surface area (Å²) in [6, 6.07) is 5.55. The molecule has 3 heteroatoms. The van der Waals surface area contributed by atoms with E-state index in [4.69, 9.17) is 4.74 Å². The van der Waals surface area contributed by atoms with E-state index in [9.17, 15) is 5.11 Å². The van der Waals surface area contributed by atoms with E-state index < -0.39 is 6.10 Å². The zero-order valence-electron chi connectivity index (χ0n) is 8.96. The summed E-state index contributed by atoms with van der Waals surface area (Å²) in [6.45, 7) is 7.92. The maximum absolute atomic E-state index is 9.38. The molecule has 0 aromatic heterocycles. The van der Waals surface area contributed by atoms with Crippen LogP contribution in [0.1, 0.15) is 25.5 Å². The van der Waals surface area contributed by atoms with E-state index in [1.165, 1.54) is 0 Å². The SMILES string of the molecule is C=C(C)COc1ccc(C(C)O)cc1Br. The van der Waals surface area contributed by atoms with E-state index in [1.807, 2.05) is 25.1 Å². The van der Waals surface area contributed by atoms with Gasteiger partial charge in [0, 0.05) is 0 Å². The number of hydrogen-bond donors (Lipinski definition) is 1. The van der Waals surface area contributed by atoms with Gasteiger partial charge in [0.2, 0.25) is 0 Å². The van der Waals surface area contributed by atoms with Gasteiger partial charge >= 0.3 is 0 Å². The molecule has 0 fully saturated rings. The van der Waals surface area contributed by atoms with Gasteiger partial charge in [0.05, 0.1) is 10.6 Å². The summed E-state index contributed by atoms with van der Waals surface area (Å²) < 4.78 is 6.35. The Bertz CT molecular complexity index is 359. The van der Waals surface area contributed by atoms with Crippen LogP contribution in [0.3, 0.4) is 0 Å². The van der Waals surface area contributed by atoms with Gasteiger partial charge in [-0.15, -0.1) is 0 Å². The van der Waals surface area contributed by atoms with Crippen LogP contribution >= 0.6 is 15.9 Å². The van der Waals surface area contributed by atoms with Crippen molar-refractivity contribution in [1.29, 1.82) is 0 Å². The molecule has 0 bridgehead atoms. The van der Waals surface area contributed by atoms with Gasteiger partial charge in [-0.05, 0) is 53.0 Å². The molecule has 82 valence electrons. The van der Waals surface area contributed by atoms with Crippen molar-refractivity contribution in [2.24, 2.45) is 0 Å². The molecule has 0 spiro atoms. The summed E-state index contributed by atoms with van der Waals surface area (Å²) >= 11 is 3.40. The highest BCUT2D eigenvalue weighted by atomic mass is 79.9. The van der Waals surface area contributed by atoms with E-state index >= 15 is 0 Å². The van der Waals surface area contributed by atoms with Gasteiger partial charge in [0.25, 0.3) is 0 Å². The minimum Gasteiger partial charge on any atom is -0.488 e. The predicted molar refractivity (Wildman–Crippen MR) is 65.1 cm³/mol. The lowest BCUT2D eigenvalue weighted by molar-refractivity contribution is 0.199. The molecule has 0 aliphatic rings. The molecule has 1 unspecified atom stereocenters. The van der Waals surface area contributed by atoms with E-state index in [1.54, 1.807) is 6.92 Å². The largest absolute Gasteiger partial charge is 0.488 e. The first-order chi connectivity index (χ1) is 7.00. The first-order valence-electron chi connectivity index (χ1n) is 4.75. The zero-order chi connectivity index (χ0) is 11.4. The van der Waals surface area contributed by atoms with E-state index in [-0.39, 0.29) is 0 Å².